The summed E-state index contributed by atoms with van der Waals surface area (Å²) in [4.78, 5) is 39.9. The molecule has 0 radical (unpaired) electrons. The number of non-ortho nitro benzene ring substituents is 1. The second kappa shape index (κ2) is 14.6. The van der Waals surface area contributed by atoms with Crippen LogP contribution in [0.3, 0.4) is 0 Å². The van der Waals surface area contributed by atoms with E-state index < -0.39 is 17.0 Å². The molecule has 0 aliphatic rings. The Balaban J connectivity index is 2.00. The van der Waals surface area contributed by atoms with Crippen LogP contribution in [0, 0.1) is 17.0 Å². The zero-order chi connectivity index (χ0) is 29.2. The number of benzene rings is 2. The largest absolute Gasteiger partial charge is 0.462 e. The Morgan fingerprint density at radius 1 is 0.975 bits per heavy atom. The van der Waals surface area contributed by atoms with Crippen molar-refractivity contribution in [3.8, 4) is 0 Å². The maximum atomic E-state index is 12.0. The number of hydrogen-bond acceptors (Lipinski definition) is 7. The van der Waals surface area contributed by atoms with Gasteiger partial charge in [-0.05, 0) is 44.4 Å². The van der Waals surface area contributed by atoms with Gasteiger partial charge in [-0.3, -0.25) is 14.9 Å². The highest BCUT2D eigenvalue weighted by atomic mass is 16.7. The summed E-state index contributed by atoms with van der Waals surface area (Å²) in [6.07, 6.45) is 8.54. The van der Waals surface area contributed by atoms with Crippen LogP contribution in [-0.4, -0.2) is 33.2 Å². The minimum absolute atomic E-state index is 0.0193. The summed E-state index contributed by atoms with van der Waals surface area (Å²) in [6.45, 7) is 9.54. The first kappa shape index (κ1) is 30.8. The smallest absolute Gasteiger partial charge is 0.331 e. The molecule has 0 fully saturated rings. The monoisotopic (exact) mass is 551 g/mol. The van der Waals surface area contributed by atoms with Gasteiger partial charge >= 0.3 is 11.9 Å². The van der Waals surface area contributed by atoms with Crippen molar-refractivity contribution in [2.24, 2.45) is 5.16 Å². The molecule has 1 unspecified atom stereocenters. The molecular formula is C31H41N3O6. The van der Waals surface area contributed by atoms with Gasteiger partial charge in [-0.1, -0.05) is 56.7 Å². The van der Waals surface area contributed by atoms with Crippen LogP contribution in [-0.2, 0) is 25.7 Å². The molecule has 0 N–H and O–H groups in total. The van der Waals surface area contributed by atoms with Crippen LogP contribution in [0.15, 0.2) is 35.5 Å². The normalized spacial score (nSPS) is 12.6. The van der Waals surface area contributed by atoms with Crippen LogP contribution >= 0.6 is 0 Å². The van der Waals surface area contributed by atoms with Crippen molar-refractivity contribution in [3.05, 3.63) is 51.6 Å². The summed E-state index contributed by atoms with van der Waals surface area (Å²) in [5.41, 5.74) is 3.97. The van der Waals surface area contributed by atoms with Crippen molar-refractivity contribution < 1.29 is 24.1 Å². The third kappa shape index (κ3) is 7.67. The Morgan fingerprint density at radius 3 is 2.27 bits per heavy atom. The number of ether oxygens (including phenoxy) is 1. The van der Waals surface area contributed by atoms with Gasteiger partial charge in [-0.15, -0.1) is 0 Å². The van der Waals surface area contributed by atoms with E-state index in [4.69, 9.17) is 9.57 Å². The van der Waals surface area contributed by atoms with Gasteiger partial charge in [0.15, 0.2) is 0 Å². The SMILES string of the molecule is CCCCCCCCCC(CC(=NOC(C)=O)c1ccc2c(c1C)c1cc([N+](=O)[O-])ccc1n2CC)OC(C)=O. The maximum absolute atomic E-state index is 12.0. The highest BCUT2D eigenvalue weighted by molar-refractivity contribution is 6.14. The molecule has 0 saturated carbocycles. The fourth-order valence-corrected chi connectivity index (χ4v) is 5.42. The molecule has 216 valence electrons. The number of nitro groups is 1. The van der Waals surface area contributed by atoms with E-state index in [1.54, 1.807) is 12.1 Å². The zero-order valence-electron chi connectivity index (χ0n) is 24.3. The summed E-state index contributed by atoms with van der Waals surface area (Å²) in [7, 11) is 0. The number of oxime groups is 1. The van der Waals surface area contributed by atoms with Gasteiger partial charge in [0.05, 0.1) is 10.6 Å². The lowest BCUT2D eigenvalue weighted by Gasteiger charge is -2.19. The number of carbonyl (C=O) groups excluding carboxylic acids is 2. The predicted molar refractivity (Wildman–Crippen MR) is 158 cm³/mol. The molecule has 0 spiro atoms. The molecule has 1 heterocycles. The Labute approximate surface area is 235 Å². The fraction of sp³-hybridized carbons (Fsp3) is 0.516. The fourth-order valence-electron chi connectivity index (χ4n) is 5.42. The highest BCUT2D eigenvalue weighted by Gasteiger charge is 2.22. The number of unbranched alkanes of at least 4 members (excludes halogenated alkanes) is 6. The number of fused-ring (bicyclic) bond motifs is 3. The molecule has 0 aliphatic carbocycles. The third-order valence-electron chi connectivity index (χ3n) is 7.28. The lowest BCUT2D eigenvalue weighted by atomic mass is 9.94. The third-order valence-corrected chi connectivity index (χ3v) is 7.28. The van der Waals surface area contributed by atoms with Gasteiger partial charge in [0.25, 0.3) is 5.69 Å². The molecule has 0 saturated heterocycles. The number of rotatable bonds is 15. The lowest BCUT2D eigenvalue weighted by molar-refractivity contribution is -0.384. The van der Waals surface area contributed by atoms with Crippen molar-refractivity contribution in [3.63, 3.8) is 0 Å². The molecule has 0 amide bonds. The first-order chi connectivity index (χ1) is 19.2. The number of aromatic nitrogens is 1. The van der Waals surface area contributed by atoms with Crippen molar-refractivity contribution >= 4 is 45.1 Å². The van der Waals surface area contributed by atoms with Gasteiger partial charge in [0.2, 0.25) is 0 Å². The standard InChI is InChI=1S/C31H41N3O6/c1-6-8-9-10-11-12-13-14-25(39-22(4)35)20-28(32-40-23(5)36)26-16-18-30-31(21(26)3)27-19-24(34(37)38)15-17-29(27)33(30)7-2/h15-19,25H,6-14,20H2,1-5H3. The molecule has 1 atom stereocenters. The minimum Gasteiger partial charge on any atom is -0.462 e. The van der Waals surface area contributed by atoms with Gasteiger partial charge in [0, 0.05) is 66.3 Å². The lowest BCUT2D eigenvalue weighted by Crippen LogP contribution is -2.22. The number of aryl methyl sites for hydroxylation is 2. The Kier molecular flexibility index (Phi) is 11.2. The van der Waals surface area contributed by atoms with Crippen LogP contribution in [0.25, 0.3) is 21.8 Å². The van der Waals surface area contributed by atoms with E-state index >= 15 is 0 Å². The van der Waals surface area contributed by atoms with Crippen molar-refractivity contribution in [2.75, 3.05) is 0 Å². The maximum Gasteiger partial charge on any atom is 0.331 e. The van der Waals surface area contributed by atoms with Crippen molar-refractivity contribution in [1.29, 1.82) is 0 Å². The van der Waals surface area contributed by atoms with E-state index in [1.807, 2.05) is 26.0 Å². The van der Waals surface area contributed by atoms with Gasteiger partial charge < -0.3 is 14.1 Å². The Hall–Kier alpha value is -3.75. The van der Waals surface area contributed by atoms with Crippen LogP contribution in [0.2, 0.25) is 0 Å². The summed E-state index contributed by atoms with van der Waals surface area (Å²) in [6, 6.07) is 8.80. The molecule has 9 heteroatoms. The van der Waals surface area contributed by atoms with Crippen LogP contribution < -0.4 is 0 Å². The first-order valence-corrected chi connectivity index (χ1v) is 14.3. The molecular weight excluding hydrogens is 510 g/mol. The van der Waals surface area contributed by atoms with Crippen LogP contribution in [0.4, 0.5) is 5.69 Å². The van der Waals surface area contributed by atoms with Crippen molar-refractivity contribution in [1.82, 2.24) is 4.57 Å². The molecule has 0 aliphatic heterocycles. The van der Waals surface area contributed by atoms with Gasteiger partial charge in [-0.2, -0.15) is 0 Å². The van der Waals surface area contributed by atoms with Crippen LogP contribution in [0.5, 0.6) is 0 Å². The Morgan fingerprint density at radius 2 is 1.65 bits per heavy atom. The van der Waals surface area contributed by atoms with E-state index in [-0.39, 0.29) is 18.1 Å². The second-order valence-corrected chi connectivity index (χ2v) is 10.3. The van der Waals surface area contributed by atoms with Gasteiger partial charge in [-0.25, -0.2) is 4.79 Å². The predicted octanol–water partition coefficient (Wildman–Crippen LogP) is 7.76. The van der Waals surface area contributed by atoms with E-state index in [0.29, 0.717) is 18.7 Å². The summed E-state index contributed by atoms with van der Waals surface area (Å²) >= 11 is 0. The second-order valence-electron chi connectivity index (χ2n) is 10.3. The average Bonchev–Trinajstić information content (AvgIpc) is 3.23. The molecule has 0 bridgehead atoms. The number of hydrogen-bond donors (Lipinski definition) is 0. The number of nitrogens with zero attached hydrogens (tertiary/aromatic N) is 3. The van der Waals surface area contributed by atoms with Gasteiger partial charge in [0.1, 0.15) is 6.10 Å². The number of carbonyl (C=O) groups is 2. The molecule has 2 aromatic carbocycles. The summed E-state index contributed by atoms with van der Waals surface area (Å²) in [5.74, 6) is -0.921. The number of nitro benzene ring substituents is 1. The quantitative estimate of drug-likeness (QED) is 0.0476. The summed E-state index contributed by atoms with van der Waals surface area (Å²) < 4.78 is 7.80. The van der Waals surface area contributed by atoms with Crippen molar-refractivity contribution in [2.45, 2.75) is 105 Å². The van der Waals surface area contributed by atoms with E-state index in [9.17, 15) is 19.7 Å². The summed E-state index contributed by atoms with van der Waals surface area (Å²) in [5, 5.41) is 17.4. The molecule has 3 aromatic rings. The van der Waals surface area contributed by atoms with Crippen LogP contribution in [0.1, 0.15) is 96.6 Å². The average molecular weight is 552 g/mol. The zero-order valence-corrected chi connectivity index (χ0v) is 24.3. The number of esters is 1. The first-order valence-electron chi connectivity index (χ1n) is 14.3. The Bertz CT molecular complexity index is 1390. The molecule has 9 nitrogen and oxygen atoms in total. The molecule has 40 heavy (non-hydrogen) atoms. The molecule has 1 aromatic heterocycles. The minimum atomic E-state index is -0.550. The van der Waals surface area contributed by atoms with E-state index in [1.165, 1.54) is 45.6 Å². The topological polar surface area (TPSA) is 113 Å². The molecule has 3 rings (SSSR count). The highest BCUT2D eigenvalue weighted by Crippen LogP contribution is 2.36. The van der Waals surface area contributed by atoms with E-state index in [2.05, 4.69) is 16.6 Å². The van der Waals surface area contributed by atoms with E-state index in [0.717, 1.165) is 52.2 Å².